The molecule has 1 aliphatic heterocycles. The highest BCUT2D eigenvalue weighted by Gasteiger charge is 2.57. The summed E-state index contributed by atoms with van der Waals surface area (Å²) in [6.45, 7) is 7.11. The highest BCUT2D eigenvalue weighted by molar-refractivity contribution is 6.12. The van der Waals surface area contributed by atoms with E-state index in [0.29, 0.717) is 6.42 Å². The lowest BCUT2D eigenvalue weighted by Crippen LogP contribution is -2.69. The summed E-state index contributed by atoms with van der Waals surface area (Å²) < 4.78 is 10.9. The van der Waals surface area contributed by atoms with Crippen LogP contribution in [-0.4, -0.2) is 58.2 Å². The first-order valence-corrected chi connectivity index (χ1v) is 10.1. The fourth-order valence-corrected chi connectivity index (χ4v) is 3.62. The Morgan fingerprint density at radius 1 is 1.27 bits per heavy atom. The van der Waals surface area contributed by atoms with Crippen LogP contribution in [0, 0.1) is 5.92 Å². The van der Waals surface area contributed by atoms with Crippen molar-refractivity contribution in [2.45, 2.75) is 64.3 Å². The van der Waals surface area contributed by atoms with Crippen LogP contribution in [0.1, 0.15) is 46.1 Å². The maximum Gasteiger partial charge on any atom is 0.411 e. The van der Waals surface area contributed by atoms with Gasteiger partial charge in [-0.3, -0.25) is 9.69 Å². The number of rotatable bonds is 7. The largest absolute Gasteiger partial charge is 0.479 e. The van der Waals surface area contributed by atoms with Crippen molar-refractivity contribution >= 4 is 17.8 Å². The fourth-order valence-electron chi connectivity index (χ4n) is 3.62. The van der Waals surface area contributed by atoms with Crippen molar-refractivity contribution < 1.29 is 29.0 Å². The number of nitrogens with zero attached hydrogens (tertiary/aromatic N) is 1. The van der Waals surface area contributed by atoms with Crippen molar-refractivity contribution in [1.29, 1.82) is 0 Å². The van der Waals surface area contributed by atoms with Gasteiger partial charge in [-0.2, -0.15) is 0 Å². The molecule has 1 aromatic rings. The molecule has 0 bridgehead atoms. The molecule has 0 unspecified atom stereocenters. The van der Waals surface area contributed by atoms with E-state index >= 15 is 0 Å². The maximum atomic E-state index is 13.3. The van der Waals surface area contributed by atoms with Gasteiger partial charge in [0.05, 0.1) is 19.3 Å². The van der Waals surface area contributed by atoms with Gasteiger partial charge in [0, 0.05) is 6.54 Å². The van der Waals surface area contributed by atoms with E-state index in [-0.39, 0.29) is 32.1 Å². The Balaban J connectivity index is 2.21. The van der Waals surface area contributed by atoms with Crippen LogP contribution in [0.4, 0.5) is 4.79 Å². The first kappa shape index (κ1) is 23.8. The lowest BCUT2D eigenvalue weighted by atomic mass is 9.76. The molecule has 0 aromatic heterocycles. The van der Waals surface area contributed by atoms with E-state index < -0.39 is 35.0 Å². The van der Waals surface area contributed by atoms with Gasteiger partial charge < -0.3 is 20.3 Å². The lowest BCUT2D eigenvalue weighted by Gasteiger charge is -2.45. The Bertz CT molecular complexity index is 761. The number of carboxylic acids is 1. The van der Waals surface area contributed by atoms with E-state index in [1.54, 1.807) is 20.8 Å². The molecule has 0 radical (unpaired) electrons. The van der Waals surface area contributed by atoms with Crippen LogP contribution in [0.2, 0.25) is 0 Å². The van der Waals surface area contributed by atoms with Gasteiger partial charge in [-0.05, 0) is 45.1 Å². The van der Waals surface area contributed by atoms with Crippen LogP contribution in [0.5, 0.6) is 0 Å². The van der Waals surface area contributed by atoms with Crippen molar-refractivity contribution in [2.24, 2.45) is 11.7 Å². The minimum atomic E-state index is -2.07. The number of piperidine rings is 1. The number of nitrogens with two attached hydrogens (primary N) is 1. The predicted molar refractivity (Wildman–Crippen MR) is 111 cm³/mol. The summed E-state index contributed by atoms with van der Waals surface area (Å²) in [5.74, 6) is -2.22. The highest BCUT2D eigenvalue weighted by Crippen LogP contribution is 2.35. The van der Waals surface area contributed by atoms with E-state index in [4.69, 9.17) is 15.2 Å². The molecule has 8 nitrogen and oxygen atoms in total. The maximum absolute atomic E-state index is 13.3. The highest BCUT2D eigenvalue weighted by atomic mass is 16.6. The molecule has 1 saturated heterocycles. The summed E-state index contributed by atoms with van der Waals surface area (Å²) in [4.78, 5) is 39.5. The number of amides is 1. The van der Waals surface area contributed by atoms with Gasteiger partial charge in [0.15, 0.2) is 5.78 Å². The molecule has 1 aromatic carbocycles. The van der Waals surface area contributed by atoms with E-state index in [2.05, 4.69) is 0 Å². The Morgan fingerprint density at radius 2 is 1.90 bits per heavy atom. The van der Waals surface area contributed by atoms with Gasteiger partial charge in [-0.15, -0.1) is 0 Å². The quantitative estimate of drug-likeness (QED) is 0.651. The normalized spacial score (nSPS) is 23.0. The smallest absolute Gasteiger partial charge is 0.411 e. The van der Waals surface area contributed by atoms with Crippen LogP contribution in [0.25, 0.3) is 0 Å². The third-order valence-electron chi connectivity index (χ3n) is 5.07. The topological polar surface area (TPSA) is 119 Å². The van der Waals surface area contributed by atoms with Gasteiger partial charge in [-0.1, -0.05) is 37.3 Å². The fraction of sp³-hybridized carbons (Fsp3) is 0.591. The SMILES string of the molecule is C[C@H]1CCN(C(=O)OC(C)(C)C)[C@@](C(=O)O)(C(=O)[C@@H](N)COCc2ccccc2)C1. The average Bonchev–Trinajstić information content (AvgIpc) is 2.66. The molecule has 0 spiro atoms. The molecule has 1 aliphatic rings. The summed E-state index contributed by atoms with van der Waals surface area (Å²) in [5, 5.41) is 10.1. The van der Waals surface area contributed by atoms with Gasteiger partial charge in [0.2, 0.25) is 5.54 Å². The Hall–Kier alpha value is -2.45. The average molecular weight is 421 g/mol. The van der Waals surface area contributed by atoms with Crippen molar-refractivity contribution in [2.75, 3.05) is 13.2 Å². The molecule has 166 valence electrons. The van der Waals surface area contributed by atoms with E-state index in [1.165, 1.54) is 0 Å². The van der Waals surface area contributed by atoms with Crippen molar-refractivity contribution in [1.82, 2.24) is 4.90 Å². The zero-order chi connectivity index (χ0) is 22.5. The standard InChI is InChI=1S/C22H32N2O6/c1-15-10-11-24(20(28)30-21(2,3)4)22(12-15,19(26)27)18(25)17(23)14-29-13-16-8-6-5-7-9-16/h5-9,15,17H,10-14,23H2,1-4H3,(H,26,27)/t15-,17-,22+/m0/s1. The Morgan fingerprint density at radius 3 is 2.47 bits per heavy atom. The molecular weight excluding hydrogens is 388 g/mol. The molecule has 3 atom stereocenters. The number of carbonyl (C=O) groups is 3. The van der Waals surface area contributed by atoms with E-state index in [0.717, 1.165) is 10.5 Å². The number of carbonyl (C=O) groups excluding carboxylic acids is 2. The molecular formula is C22H32N2O6. The number of ketones is 1. The number of hydrogen-bond acceptors (Lipinski definition) is 6. The van der Waals surface area contributed by atoms with Gasteiger partial charge in [0.1, 0.15) is 5.60 Å². The van der Waals surface area contributed by atoms with E-state index in [1.807, 2.05) is 37.3 Å². The number of aliphatic carboxylic acids is 1. The number of Topliss-reactive ketones (excluding diaryl/α,β-unsaturated/α-hetero) is 1. The first-order valence-electron chi connectivity index (χ1n) is 10.1. The number of carboxylic acid groups (broad SMARTS) is 1. The molecule has 1 fully saturated rings. The summed E-state index contributed by atoms with van der Waals surface area (Å²) in [6, 6.07) is 8.17. The lowest BCUT2D eigenvalue weighted by molar-refractivity contribution is -0.162. The minimum Gasteiger partial charge on any atom is -0.479 e. The number of ether oxygens (including phenoxy) is 2. The second kappa shape index (κ2) is 9.57. The molecule has 3 N–H and O–H groups in total. The number of hydrogen-bond donors (Lipinski definition) is 2. The van der Waals surface area contributed by atoms with Crippen molar-refractivity contribution in [3.63, 3.8) is 0 Å². The van der Waals surface area contributed by atoms with Crippen LogP contribution in [-0.2, 0) is 25.7 Å². The Kier molecular flexibility index (Phi) is 7.60. The minimum absolute atomic E-state index is 0.0210. The molecule has 2 rings (SSSR count). The van der Waals surface area contributed by atoms with Crippen LogP contribution >= 0.6 is 0 Å². The zero-order valence-corrected chi connectivity index (χ0v) is 18.1. The summed E-state index contributed by atoms with van der Waals surface area (Å²) in [5.41, 5.74) is 4.06. The predicted octanol–water partition coefficient (Wildman–Crippen LogP) is 2.59. The third-order valence-corrected chi connectivity index (χ3v) is 5.07. The van der Waals surface area contributed by atoms with Gasteiger partial charge >= 0.3 is 12.1 Å². The summed E-state index contributed by atoms with van der Waals surface area (Å²) in [6.07, 6.45) is -0.281. The first-order chi connectivity index (χ1) is 14.0. The second-order valence-electron chi connectivity index (χ2n) is 8.87. The number of likely N-dealkylation sites (tertiary alicyclic amines) is 1. The number of benzene rings is 1. The Labute approximate surface area is 177 Å². The van der Waals surface area contributed by atoms with Crippen LogP contribution in [0.15, 0.2) is 30.3 Å². The molecule has 30 heavy (non-hydrogen) atoms. The molecule has 1 heterocycles. The van der Waals surface area contributed by atoms with Gasteiger partial charge in [0.25, 0.3) is 0 Å². The molecule has 0 aliphatic carbocycles. The van der Waals surface area contributed by atoms with Crippen LogP contribution < -0.4 is 5.73 Å². The molecule has 8 heteroatoms. The van der Waals surface area contributed by atoms with Crippen molar-refractivity contribution in [3.8, 4) is 0 Å². The van der Waals surface area contributed by atoms with Gasteiger partial charge in [-0.25, -0.2) is 9.59 Å². The zero-order valence-electron chi connectivity index (χ0n) is 18.1. The molecule has 1 amide bonds. The summed E-state index contributed by atoms with van der Waals surface area (Å²) >= 11 is 0. The monoisotopic (exact) mass is 420 g/mol. The molecule has 0 saturated carbocycles. The third kappa shape index (κ3) is 5.58. The second-order valence-corrected chi connectivity index (χ2v) is 8.87. The summed E-state index contributed by atoms with van der Waals surface area (Å²) in [7, 11) is 0. The van der Waals surface area contributed by atoms with E-state index in [9.17, 15) is 19.5 Å². The van der Waals surface area contributed by atoms with Crippen molar-refractivity contribution in [3.05, 3.63) is 35.9 Å². The van der Waals surface area contributed by atoms with Crippen LogP contribution in [0.3, 0.4) is 0 Å².